The van der Waals surface area contributed by atoms with Crippen LogP contribution in [-0.4, -0.2) is 21.5 Å². The minimum Gasteiger partial charge on any atom is -0.308 e. The molecule has 0 aliphatic heterocycles. The molecular formula is C13H24N4. The van der Waals surface area contributed by atoms with Gasteiger partial charge in [-0.15, -0.1) is 0 Å². The van der Waals surface area contributed by atoms with E-state index in [2.05, 4.69) is 22.4 Å². The van der Waals surface area contributed by atoms with Crippen LogP contribution in [0.2, 0.25) is 0 Å². The molecular weight excluding hydrogens is 212 g/mol. The Hall–Kier alpha value is -0.900. The van der Waals surface area contributed by atoms with Gasteiger partial charge < -0.3 is 5.32 Å². The van der Waals surface area contributed by atoms with Gasteiger partial charge in [-0.2, -0.15) is 15.0 Å². The first kappa shape index (κ1) is 12.6. The molecule has 1 unspecified atom stereocenters. The highest BCUT2D eigenvalue weighted by Crippen LogP contribution is 2.33. The summed E-state index contributed by atoms with van der Waals surface area (Å²) in [6.07, 6.45) is 9.89. The van der Waals surface area contributed by atoms with Crippen molar-refractivity contribution < 1.29 is 0 Å². The fourth-order valence-corrected chi connectivity index (χ4v) is 2.78. The van der Waals surface area contributed by atoms with E-state index in [-0.39, 0.29) is 0 Å². The quantitative estimate of drug-likeness (QED) is 0.854. The lowest BCUT2D eigenvalue weighted by Gasteiger charge is -2.29. The molecule has 4 heteroatoms. The molecule has 1 aliphatic carbocycles. The zero-order chi connectivity index (χ0) is 12.1. The molecule has 1 fully saturated rings. The van der Waals surface area contributed by atoms with Crippen molar-refractivity contribution >= 4 is 0 Å². The summed E-state index contributed by atoms with van der Waals surface area (Å²) in [5, 5.41) is 12.3. The van der Waals surface area contributed by atoms with Gasteiger partial charge in [0.25, 0.3) is 0 Å². The van der Waals surface area contributed by atoms with Crippen LogP contribution in [0, 0.1) is 5.92 Å². The first-order chi connectivity index (χ1) is 8.31. The van der Waals surface area contributed by atoms with Crippen molar-refractivity contribution in [2.75, 3.05) is 6.54 Å². The lowest BCUT2D eigenvalue weighted by atomic mass is 9.83. The van der Waals surface area contributed by atoms with Gasteiger partial charge in [-0.25, -0.2) is 0 Å². The number of hydrogen-bond acceptors (Lipinski definition) is 3. The molecule has 0 radical (unpaired) electrons. The maximum atomic E-state index is 4.48. The molecule has 2 rings (SSSR count). The van der Waals surface area contributed by atoms with E-state index in [1.54, 1.807) is 4.80 Å². The third kappa shape index (κ3) is 3.28. The Labute approximate surface area is 104 Å². The van der Waals surface area contributed by atoms with Crippen LogP contribution in [0.3, 0.4) is 0 Å². The summed E-state index contributed by atoms with van der Waals surface area (Å²) < 4.78 is 0. The SMILES string of the molecule is CCCNC(c1cnn(C)n1)C1CCCCC1. The predicted molar refractivity (Wildman–Crippen MR) is 68.6 cm³/mol. The van der Waals surface area contributed by atoms with Crippen molar-refractivity contribution in [3.63, 3.8) is 0 Å². The molecule has 0 spiro atoms. The summed E-state index contributed by atoms with van der Waals surface area (Å²) in [6, 6.07) is 0.406. The van der Waals surface area contributed by atoms with Gasteiger partial charge in [-0.05, 0) is 31.7 Å². The van der Waals surface area contributed by atoms with Crippen molar-refractivity contribution in [1.82, 2.24) is 20.3 Å². The molecule has 1 aliphatic rings. The predicted octanol–water partition coefficient (Wildman–Crippen LogP) is 2.44. The second-order valence-corrected chi connectivity index (χ2v) is 5.09. The molecule has 4 nitrogen and oxygen atoms in total. The van der Waals surface area contributed by atoms with Gasteiger partial charge in [0, 0.05) is 7.05 Å². The fourth-order valence-electron chi connectivity index (χ4n) is 2.78. The first-order valence-corrected chi connectivity index (χ1v) is 6.91. The average molecular weight is 236 g/mol. The van der Waals surface area contributed by atoms with Crippen molar-refractivity contribution in [2.45, 2.75) is 51.5 Å². The minimum atomic E-state index is 0.406. The maximum absolute atomic E-state index is 4.48. The van der Waals surface area contributed by atoms with Gasteiger partial charge in [0.05, 0.1) is 17.9 Å². The van der Waals surface area contributed by atoms with Gasteiger partial charge in [0.2, 0.25) is 0 Å². The lowest BCUT2D eigenvalue weighted by molar-refractivity contribution is 0.267. The highest BCUT2D eigenvalue weighted by molar-refractivity contribution is 5.03. The van der Waals surface area contributed by atoms with Crippen LogP contribution in [0.15, 0.2) is 6.20 Å². The van der Waals surface area contributed by atoms with Crippen LogP contribution in [0.1, 0.15) is 57.2 Å². The highest BCUT2D eigenvalue weighted by atomic mass is 15.5. The van der Waals surface area contributed by atoms with Crippen molar-refractivity contribution in [2.24, 2.45) is 13.0 Å². The maximum Gasteiger partial charge on any atom is 0.0999 e. The summed E-state index contributed by atoms with van der Waals surface area (Å²) >= 11 is 0. The van der Waals surface area contributed by atoms with Crippen LogP contribution >= 0.6 is 0 Å². The molecule has 96 valence electrons. The summed E-state index contributed by atoms with van der Waals surface area (Å²) in [6.45, 7) is 3.28. The van der Waals surface area contributed by atoms with Crippen LogP contribution in [0.25, 0.3) is 0 Å². The molecule has 1 saturated carbocycles. The van der Waals surface area contributed by atoms with Crippen LogP contribution in [-0.2, 0) is 7.05 Å². The molecule has 1 heterocycles. The molecule has 1 atom stereocenters. The summed E-state index contributed by atoms with van der Waals surface area (Å²) in [4.78, 5) is 1.67. The van der Waals surface area contributed by atoms with Crippen LogP contribution in [0.5, 0.6) is 0 Å². The largest absolute Gasteiger partial charge is 0.308 e. The number of rotatable bonds is 5. The Morgan fingerprint density at radius 1 is 1.41 bits per heavy atom. The van der Waals surface area contributed by atoms with Crippen molar-refractivity contribution in [3.8, 4) is 0 Å². The zero-order valence-electron chi connectivity index (χ0n) is 11.0. The van der Waals surface area contributed by atoms with E-state index in [1.807, 2.05) is 13.2 Å². The molecule has 1 aromatic heterocycles. The normalized spacial score (nSPS) is 19.4. The topological polar surface area (TPSA) is 42.7 Å². The van der Waals surface area contributed by atoms with E-state index < -0.39 is 0 Å². The molecule has 1 aromatic rings. The Balaban J connectivity index is 2.06. The van der Waals surface area contributed by atoms with E-state index in [0.29, 0.717) is 6.04 Å². The lowest BCUT2D eigenvalue weighted by Crippen LogP contribution is -2.30. The Morgan fingerprint density at radius 2 is 2.18 bits per heavy atom. The van der Waals surface area contributed by atoms with E-state index in [4.69, 9.17) is 0 Å². The number of aryl methyl sites for hydroxylation is 1. The second kappa shape index (κ2) is 6.15. The smallest absolute Gasteiger partial charge is 0.0999 e. The van der Waals surface area contributed by atoms with Crippen molar-refractivity contribution in [1.29, 1.82) is 0 Å². The molecule has 0 bridgehead atoms. The van der Waals surface area contributed by atoms with Crippen LogP contribution < -0.4 is 5.32 Å². The third-order valence-corrected chi connectivity index (χ3v) is 3.67. The van der Waals surface area contributed by atoms with Gasteiger partial charge in [-0.1, -0.05) is 26.2 Å². The number of nitrogens with one attached hydrogen (secondary N) is 1. The minimum absolute atomic E-state index is 0.406. The molecule has 0 aromatic carbocycles. The van der Waals surface area contributed by atoms with Gasteiger partial charge in [-0.3, -0.25) is 0 Å². The molecule has 17 heavy (non-hydrogen) atoms. The van der Waals surface area contributed by atoms with Gasteiger partial charge >= 0.3 is 0 Å². The van der Waals surface area contributed by atoms with Gasteiger partial charge in [0.15, 0.2) is 0 Å². The van der Waals surface area contributed by atoms with E-state index >= 15 is 0 Å². The second-order valence-electron chi connectivity index (χ2n) is 5.09. The monoisotopic (exact) mass is 236 g/mol. The number of nitrogens with zero attached hydrogens (tertiary/aromatic N) is 3. The summed E-state index contributed by atoms with van der Waals surface area (Å²) in [5.41, 5.74) is 1.12. The summed E-state index contributed by atoms with van der Waals surface area (Å²) in [7, 11) is 1.89. The molecule has 0 saturated heterocycles. The van der Waals surface area contributed by atoms with E-state index in [0.717, 1.165) is 18.2 Å². The van der Waals surface area contributed by atoms with Crippen molar-refractivity contribution in [3.05, 3.63) is 11.9 Å². The first-order valence-electron chi connectivity index (χ1n) is 6.91. The number of hydrogen-bond donors (Lipinski definition) is 1. The highest BCUT2D eigenvalue weighted by Gasteiger charge is 2.26. The third-order valence-electron chi connectivity index (χ3n) is 3.67. The number of aromatic nitrogens is 3. The zero-order valence-corrected chi connectivity index (χ0v) is 11.0. The Bertz CT molecular complexity index is 328. The van der Waals surface area contributed by atoms with Crippen LogP contribution in [0.4, 0.5) is 0 Å². The van der Waals surface area contributed by atoms with Gasteiger partial charge in [0.1, 0.15) is 0 Å². The summed E-state index contributed by atoms with van der Waals surface area (Å²) in [5.74, 6) is 0.743. The Kier molecular flexibility index (Phi) is 4.54. The standard InChI is InChI=1S/C13H24N4/c1-3-9-14-13(11-7-5-4-6-8-11)12-10-15-17(2)16-12/h10-11,13-14H,3-9H2,1-2H3. The molecule has 0 amide bonds. The van der Waals surface area contributed by atoms with E-state index in [1.165, 1.54) is 38.5 Å². The Morgan fingerprint density at radius 3 is 2.76 bits per heavy atom. The van der Waals surface area contributed by atoms with E-state index in [9.17, 15) is 0 Å². The molecule has 1 N–H and O–H groups in total. The average Bonchev–Trinajstić information content (AvgIpc) is 2.78. The fraction of sp³-hybridized carbons (Fsp3) is 0.846.